The highest BCUT2D eigenvalue weighted by Crippen LogP contribution is 2.19. The van der Waals surface area contributed by atoms with Crippen LogP contribution >= 0.6 is 0 Å². The van der Waals surface area contributed by atoms with Gasteiger partial charge in [-0.2, -0.15) is 0 Å². The molecule has 0 spiro atoms. The van der Waals surface area contributed by atoms with Crippen LogP contribution in [0.4, 0.5) is 5.69 Å². The minimum atomic E-state index is -3.87. The van der Waals surface area contributed by atoms with Gasteiger partial charge in [-0.05, 0) is 24.6 Å². The van der Waals surface area contributed by atoms with Gasteiger partial charge in [-0.15, -0.1) is 0 Å². The number of carbonyl (C=O) groups excluding carboxylic acids is 1. The molecule has 0 aliphatic rings. The Balaban J connectivity index is 3.02. The molecule has 98 valence electrons. The Morgan fingerprint density at radius 1 is 1.39 bits per heavy atom. The Kier molecular flexibility index (Phi) is 4.04. The third-order valence-corrected chi connectivity index (χ3v) is 3.03. The Labute approximate surface area is 104 Å². The zero-order valence-electron chi connectivity index (χ0n) is 9.50. The van der Waals surface area contributed by atoms with Gasteiger partial charge >= 0.3 is 5.97 Å². The number of nitrogens with two attached hydrogens (primary N) is 1. The first-order chi connectivity index (χ1) is 8.20. The highest BCUT2D eigenvalue weighted by atomic mass is 32.2. The average Bonchev–Trinajstić information content (AvgIpc) is 2.18. The van der Waals surface area contributed by atoms with E-state index in [2.05, 4.69) is 5.32 Å². The summed E-state index contributed by atoms with van der Waals surface area (Å²) in [4.78, 5) is 21.4. The van der Waals surface area contributed by atoms with Crippen molar-refractivity contribution in [1.29, 1.82) is 0 Å². The SMILES string of the molecule is Cc1ccc(S(N)(=O)=O)cc1NC(=O)CC(=O)O. The molecule has 0 fully saturated rings. The normalized spacial score (nSPS) is 11.0. The number of carbonyl (C=O) groups is 2. The van der Waals surface area contributed by atoms with E-state index >= 15 is 0 Å². The fourth-order valence-electron chi connectivity index (χ4n) is 1.24. The molecule has 7 nitrogen and oxygen atoms in total. The quantitative estimate of drug-likeness (QED) is 0.668. The molecule has 0 atom stereocenters. The van der Waals surface area contributed by atoms with Crippen molar-refractivity contribution in [2.45, 2.75) is 18.2 Å². The number of sulfonamides is 1. The van der Waals surface area contributed by atoms with Crippen molar-refractivity contribution in [3.8, 4) is 0 Å². The van der Waals surface area contributed by atoms with Gasteiger partial charge in [-0.25, -0.2) is 13.6 Å². The second-order valence-corrected chi connectivity index (χ2v) is 5.20. The Bertz CT molecular complexity index is 594. The van der Waals surface area contributed by atoms with E-state index < -0.39 is 28.3 Å². The number of carboxylic acid groups (broad SMARTS) is 1. The first-order valence-corrected chi connectivity index (χ1v) is 6.40. The number of rotatable bonds is 4. The summed E-state index contributed by atoms with van der Waals surface area (Å²) < 4.78 is 22.3. The van der Waals surface area contributed by atoms with Crippen LogP contribution in [0.25, 0.3) is 0 Å². The summed E-state index contributed by atoms with van der Waals surface area (Å²) in [6, 6.07) is 3.96. The zero-order chi connectivity index (χ0) is 13.9. The molecular weight excluding hydrogens is 260 g/mol. The zero-order valence-corrected chi connectivity index (χ0v) is 10.3. The van der Waals surface area contributed by atoms with E-state index in [1.807, 2.05) is 0 Å². The van der Waals surface area contributed by atoms with Crippen LogP contribution in [0.1, 0.15) is 12.0 Å². The molecule has 0 unspecified atom stereocenters. The lowest BCUT2D eigenvalue weighted by molar-refractivity contribution is -0.139. The minimum absolute atomic E-state index is 0.154. The number of nitrogens with one attached hydrogen (secondary N) is 1. The predicted molar refractivity (Wildman–Crippen MR) is 63.4 cm³/mol. The Hall–Kier alpha value is -1.93. The third kappa shape index (κ3) is 3.82. The maximum Gasteiger partial charge on any atom is 0.312 e. The maximum atomic E-state index is 11.3. The minimum Gasteiger partial charge on any atom is -0.481 e. The standard InChI is InChI=1S/C10H12N2O5S/c1-6-2-3-7(18(11,16)17)4-8(6)12-9(13)5-10(14)15/h2-4H,5H2,1H3,(H,12,13)(H,14,15)(H2,11,16,17). The van der Waals surface area contributed by atoms with Crippen molar-refractivity contribution >= 4 is 27.6 Å². The van der Waals surface area contributed by atoms with Gasteiger partial charge < -0.3 is 10.4 Å². The lowest BCUT2D eigenvalue weighted by atomic mass is 10.2. The summed E-state index contributed by atoms with van der Waals surface area (Å²) in [5.74, 6) is -2.01. The molecule has 1 aromatic carbocycles. The molecule has 1 amide bonds. The molecule has 0 saturated carbocycles. The van der Waals surface area contributed by atoms with Crippen LogP contribution in [0.2, 0.25) is 0 Å². The second kappa shape index (κ2) is 5.15. The van der Waals surface area contributed by atoms with Gasteiger partial charge in [-0.1, -0.05) is 6.07 Å². The maximum absolute atomic E-state index is 11.3. The van der Waals surface area contributed by atoms with E-state index in [-0.39, 0.29) is 10.6 Å². The van der Waals surface area contributed by atoms with Gasteiger partial charge in [0.1, 0.15) is 6.42 Å². The highest BCUT2D eigenvalue weighted by Gasteiger charge is 2.13. The summed E-state index contributed by atoms with van der Waals surface area (Å²) in [5, 5.41) is 15.7. The average molecular weight is 272 g/mol. The summed E-state index contributed by atoms with van der Waals surface area (Å²) in [7, 11) is -3.87. The molecule has 0 heterocycles. The lowest BCUT2D eigenvalue weighted by Crippen LogP contribution is -2.18. The lowest BCUT2D eigenvalue weighted by Gasteiger charge is -2.09. The van der Waals surface area contributed by atoms with Gasteiger partial charge in [0.2, 0.25) is 15.9 Å². The monoisotopic (exact) mass is 272 g/mol. The largest absolute Gasteiger partial charge is 0.481 e. The van der Waals surface area contributed by atoms with E-state index in [1.54, 1.807) is 6.92 Å². The van der Waals surface area contributed by atoms with Gasteiger partial charge in [0.15, 0.2) is 0 Å². The van der Waals surface area contributed by atoms with Crippen LogP contribution in [0, 0.1) is 6.92 Å². The first kappa shape index (κ1) is 14.1. The van der Waals surface area contributed by atoms with Crippen LogP contribution in [-0.2, 0) is 19.6 Å². The van der Waals surface area contributed by atoms with Gasteiger partial charge in [0.25, 0.3) is 0 Å². The van der Waals surface area contributed by atoms with Crippen molar-refractivity contribution in [1.82, 2.24) is 0 Å². The molecule has 18 heavy (non-hydrogen) atoms. The van der Waals surface area contributed by atoms with E-state index in [0.29, 0.717) is 5.56 Å². The van der Waals surface area contributed by atoms with Crippen molar-refractivity contribution in [2.75, 3.05) is 5.32 Å². The summed E-state index contributed by atoms with van der Waals surface area (Å²) >= 11 is 0. The molecule has 0 saturated heterocycles. The van der Waals surface area contributed by atoms with Crippen LogP contribution in [-0.4, -0.2) is 25.4 Å². The summed E-state index contributed by atoms with van der Waals surface area (Å²) in [5.41, 5.74) is 0.814. The van der Waals surface area contributed by atoms with E-state index in [0.717, 1.165) is 0 Å². The number of amides is 1. The fraction of sp³-hybridized carbons (Fsp3) is 0.200. The van der Waals surface area contributed by atoms with E-state index in [4.69, 9.17) is 10.2 Å². The molecule has 1 aromatic rings. The number of primary sulfonamides is 1. The number of carboxylic acids is 1. The smallest absolute Gasteiger partial charge is 0.312 e. The van der Waals surface area contributed by atoms with Crippen molar-refractivity contribution in [2.24, 2.45) is 5.14 Å². The highest BCUT2D eigenvalue weighted by molar-refractivity contribution is 7.89. The van der Waals surface area contributed by atoms with Gasteiger partial charge in [0.05, 0.1) is 4.90 Å². The number of hydrogen-bond donors (Lipinski definition) is 3. The van der Waals surface area contributed by atoms with E-state index in [9.17, 15) is 18.0 Å². The molecule has 0 aliphatic heterocycles. The molecule has 0 bridgehead atoms. The molecule has 4 N–H and O–H groups in total. The number of aryl methyl sites for hydroxylation is 1. The topological polar surface area (TPSA) is 127 Å². The van der Waals surface area contributed by atoms with Gasteiger partial charge in [-0.3, -0.25) is 9.59 Å². The second-order valence-electron chi connectivity index (χ2n) is 3.64. The van der Waals surface area contributed by atoms with Crippen molar-refractivity contribution in [3.63, 3.8) is 0 Å². The summed E-state index contributed by atoms with van der Waals surface area (Å²) in [6.45, 7) is 1.64. The number of aliphatic carboxylic acids is 1. The van der Waals surface area contributed by atoms with E-state index in [1.165, 1.54) is 18.2 Å². The fourth-order valence-corrected chi connectivity index (χ4v) is 1.78. The van der Waals surface area contributed by atoms with Crippen LogP contribution < -0.4 is 10.5 Å². The van der Waals surface area contributed by atoms with Crippen LogP contribution in [0.3, 0.4) is 0 Å². The predicted octanol–water partition coefficient (Wildman–Crippen LogP) is 0.0556. The van der Waals surface area contributed by atoms with Crippen molar-refractivity contribution in [3.05, 3.63) is 23.8 Å². The van der Waals surface area contributed by atoms with Crippen LogP contribution in [0.5, 0.6) is 0 Å². The molecule has 0 radical (unpaired) electrons. The van der Waals surface area contributed by atoms with Crippen molar-refractivity contribution < 1.29 is 23.1 Å². The third-order valence-electron chi connectivity index (χ3n) is 2.12. The Morgan fingerprint density at radius 3 is 2.50 bits per heavy atom. The van der Waals surface area contributed by atoms with Crippen LogP contribution in [0.15, 0.2) is 23.1 Å². The number of hydrogen-bond acceptors (Lipinski definition) is 4. The number of benzene rings is 1. The molecule has 1 rings (SSSR count). The molecule has 0 aliphatic carbocycles. The molecular formula is C10H12N2O5S. The summed E-state index contributed by atoms with van der Waals surface area (Å²) in [6.07, 6.45) is -0.695. The first-order valence-electron chi connectivity index (χ1n) is 4.85. The van der Waals surface area contributed by atoms with Gasteiger partial charge in [0, 0.05) is 5.69 Å². The number of anilines is 1. The molecule has 8 heteroatoms. The Morgan fingerprint density at radius 2 is 2.00 bits per heavy atom. The molecule has 0 aromatic heterocycles.